The molecular weight excluding hydrogens is 759 g/mol. The maximum Gasteiger partial charge on any atom is 0.237 e. The number of phosphoric ester groups is 1. The molecule has 1 N–H and O–H groups in total. The van der Waals surface area contributed by atoms with Gasteiger partial charge < -0.3 is 38.0 Å². The summed E-state index contributed by atoms with van der Waals surface area (Å²) in [4.78, 5) is 12.3. The van der Waals surface area contributed by atoms with E-state index in [2.05, 4.69) is 0 Å². The van der Waals surface area contributed by atoms with E-state index in [4.69, 9.17) is 28.0 Å². The third-order valence-electron chi connectivity index (χ3n) is 4.51. The van der Waals surface area contributed by atoms with Gasteiger partial charge in [-0.2, -0.15) is 6.61 Å². The molecule has 0 aliphatic carbocycles. The molecule has 0 saturated carbocycles. The van der Waals surface area contributed by atoms with Gasteiger partial charge in [-0.25, -0.2) is 0 Å². The smallest absolute Gasteiger partial charge is 0.237 e. The summed E-state index contributed by atoms with van der Waals surface area (Å²) in [5, 5.41) is 10.2. The normalized spacial score (nSPS) is 35.9. The average molecular weight is 792 g/mol. The van der Waals surface area contributed by atoms with E-state index in [0.29, 0.717) is 6.42 Å². The van der Waals surface area contributed by atoms with Gasteiger partial charge in [-0.05, 0) is 54.1 Å². The van der Waals surface area contributed by atoms with E-state index in [9.17, 15) is 14.6 Å². The zero-order valence-electron chi connectivity index (χ0n) is 18.2. The molecule has 2 fully saturated rings. The van der Waals surface area contributed by atoms with Crippen LogP contribution in [-0.2, 0) is 74.7 Å². The molecule has 12 heteroatoms. The maximum absolute atomic E-state index is 12.3. The molecule has 178 valence electrons. The second kappa shape index (κ2) is 13.9. The number of hydrogen-bond donors (Lipinski definition) is 1. The van der Waals surface area contributed by atoms with Crippen molar-refractivity contribution in [1.29, 1.82) is 0 Å². The Kier molecular flexibility index (Phi) is 14.5. The first kappa shape index (κ1) is 31.3. The second-order valence-corrected chi connectivity index (χ2v) is 9.20. The molecule has 2 rings (SSSR count). The third kappa shape index (κ3) is 9.65. The SMILES string of the molecule is CC(C)OC[C@H]1O[C@@H](C)C(O)[C@H]1OP(=O)([O-])O[CH-][C@H]1O[C@@H](C)C[C@H]1OC(C)C.[W].[W]. The van der Waals surface area contributed by atoms with Crippen LogP contribution in [-0.4, -0.2) is 66.6 Å². The quantitative estimate of drug-likeness (QED) is 0.260. The van der Waals surface area contributed by atoms with Gasteiger partial charge in [-0.15, -0.1) is 0 Å². The number of aliphatic hydroxyl groups excluding tert-OH is 1. The van der Waals surface area contributed by atoms with Gasteiger partial charge in [0, 0.05) is 42.1 Å². The molecule has 2 saturated heterocycles. The Morgan fingerprint density at radius 2 is 1.80 bits per heavy atom. The van der Waals surface area contributed by atoms with Crippen LogP contribution in [0, 0.1) is 6.61 Å². The fourth-order valence-corrected chi connectivity index (χ4v) is 4.13. The van der Waals surface area contributed by atoms with Crippen LogP contribution < -0.4 is 4.89 Å². The summed E-state index contributed by atoms with van der Waals surface area (Å²) in [6.07, 6.45) is -4.02. The van der Waals surface area contributed by atoms with Gasteiger partial charge in [-0.1, -0.05) is 0 Å². The van der Waals surface area contributed by atoms with Crippen LogP contribution in [0.25, 0.3) is 0 Å². The fraction of sp³-hybridized carbons (Fsp3) is 0.944. The van der Waals surface area contributed by atoms with Crippen LogP contribution in [0.1, 0.15) is 48.0 Å². The van der Waals surface area contributed by atoms with Gasteiger partial charge in [-0.3, -0.25) is 4.57 Å². The Hall–Kier alpha value is 1.29. The van der Waals surface area contributed by atoms with Crippen molar-refractivity contribution < 1.29 is 84.7 Å². The van der Waals surface area contributed by atoms with Crippen LogP contribution in [0.2, 0.25) is 0 Å². The predicted molar refractivity (Wildman–Crippen MR) is 98.3 cm³/mol. The molecule has 30 heavy (non-hydrogen) atoms. The summed E-state index contributed by atoms with van der Waals surface area (Å²) in [5.41, 5.74) is 0. The zero-order valence-corrected chi connectivity index (χ0v) is 24.9. The summed E-state index contributed by atoms with van der Waals surface area (Å²) < 4.78 is 44.8. The van der Waals surface area contributed by atoms with Gasteiger partial charge in [0.15, 0.2) is 0 Å². The minimum atomic E-state index is -4.76. The van der Waals surface area contributed by atoms with Crippen LogP contribution in [0.3, 0.4) is 0 Å². The van der Waals surface area contributed by atoms with Crippen molar-refractivity contribution in [2.45, 2.75) is 103 Å². The molecule has 9 nitrogen and oxygen atoms in total. The number of ether oxygens (including phenoxy) is 4. The molecule has 0 amide bonds. The Balaban J connectivity index is 0.00000420. The largest absolute Gasteiger partial charge is 0.758 e. The van der Waals surface area contributed by atoms with Crippen molar-refractivity contribution in [2.75, 3.05) is 6.61 Å². The standard InChI is InChI=1S/C18H34O9P.2W/c1-10(2)22-8-16-18(17(19)13(6)26-16)27-28(20,21)23-9-15-14(24-11(3)4)7-12(5)25-15;;/h9-19H,7-8H2,1-6H3,(H,20,21);;/q-1;;/p-1/t12-,13-,14+,15+,16+,17?,18-;;/m0../s1. The average Bonchev–Trinajstić information content (AvgIpc) is 3.04. The van der Waals surface area contributed by atoms with Gasteiger partial charge in [0.1, 0.15) is 18.3 Å². The molecule has 0 aromatic carbocycles. The fourth-order valence-electron chi connectivity index (χ4n) is 3.26. The van der Waals surface area contributed by atoms with Crippen molar-refractivity contribution >= 4 is 7.82 Å². The van der Waals surface area contributed by atoms with Crippen molar-refractivity contribution in [3.63, 3.8) is 0 Å². The molecule has 0 bridgehead atoms. The minimum Gasteiger partial charge on any atom is -0.758 e. The van der Waals surface area contributed by atoms with E-state index in [1.54, 1.807) is 6.92 Å². The molecule has 0 aromatic rings. The van der Waals surface area contributed by atoms with E-state index in [0.717, 1.165) is 6.61 Å². The number of hydrogen-bond acceptors (Lipinski definition) is 9. The van der Waals surface area contributed by atoms with Crippen molar-refractivity contribution in [3.8, 4) is 0 Å². The Bertz CT molecular complexity index is 540. The van der Waals surface area contributed by atoms with E-state index in [-0.39, 0.29) is 73.2 Å². The first-order valence-corrected chi connectivity index (χ1v) is 11.2. The number of rotatable bonds is 10. The van der Waals surface area contributed by atoms with Crippen molar-refractivity contribution in [2.24, 2.45) is 0 Å². The van der Waals surface area contributed by atoms with E-state index in [1.165, 1.54) is 0 Å². The monoisotopic (exact) mass is 792 g/mol. The maximum atomic E-state index is 12.3. The van der Waals surface area contributed by atoms with Crippen LogP contribution >= 0.6 is 7.82 Å². The Morgan fingerprint density at radius 1 is 1.17 bits per heavy atom. The molecule has 2 unspecified atom stereocenters. The summed E-state index contributed by atoms with van der Waals surface area (Å²) in [7, 11) is -4.76. The van der Waals surface area contributed by atoms with Gasteiger partial charge in [0.2, 0.25) is 7.82 Å². The summed E-state index contributed by atoms with van der Waals surface area (Å²) in [5.74, 6) is 0. The first-order valence-electron chi connectivity index (χ1n) is 9.75. The van der Waals surface area contributed by atoms with Crippen molar-refractivity contribution in [3.05, 3.63) is 6.61 Å². The van der Waals surface area contributed by atoms with Gasteiger partial charge in [0.25, 0.3) is 0 Å². The van der Waals surface area contributed by atoms with E-state index in [1.807, 2.05) is 34.6 Å². The molecule has 8 atom stereocenters. The van der Waals surface area contributed by atoms with E-state index < -0.39 is 38.3 Å². The molecular formula is C18H33O9PW2-2. The van der Waals surface area contributed by atoms with Crippen molar-refractivity contribution in [1.82, 2.24) is 0 Å². The van der Waals surface area contributed by atoms with Crippen LogP contribution in [0.5, 0.6) is 0 Å². The number of phosphoric acid groups is 1. The molecule has 2 aliphatic rings. The summed E-state index contributed by atoms with van der Waals surface area (Å²) >= 11 is 0. The number of aliphatic hydroxyl groups is 1. The molecule has 2 heterocycles. The summed E-state index contributed by atoms with van der Waals surface area (Å²) in [6.45, 7) is 12.2. The Morgan fingerprint density at radius 3 is 2.37 bits per heavy atom. The minimum absolute atomic E-state index is 0. The molecule has 0 aromatic heterocycles. The predicted octanol–water partition coefficient (Wildman–Crippen LogP) is 1.56. The second-order valence-electron chi connectivity index (χ2n) is 7.88. The van der Waals surface area contributed by atoms with Gasteiger partial charge in [0.05, 0.1) is 37.1 Å². The molecule has 0 spiro atoms. The third-order valence-corrected chi connectivity index (χ3v) is 5.39. The molecule has 0 radical (unpaired) electrons. The first-order chi connectivity index (χ1) is 13.0. The summed E-state index contributed by atoms with van der Waals surface area (Å²) in [6, 6.07) is 0. The Labute approximate surface area is 208 Å². The zero-order chi connectivity index (χ0) is 21.1. The van der Waals surface area contributed by atoms with Crippen LogP contribution in [0.15, 0.2) is 0 Å². The molecule has 2 aliphatic heterocycles. The van der Waals surface area contributed by atoms with E-state index >= 15 is 0 Å². The van der Waals surface area contributed by atoms with Crippen LogP contribution in [0.4, 0.5) is 0 Å². The van der Waals surface area contributed by atoms with Gasteiger partial charge >= 0.3 is 0 Å². The topological polar surface area (TPSA) is 116 Å².